The molecule has 3 rings (SSSR count). The van der Waals surface area contributed by atoms with Gasteiger partial charge in [-0.3, -0.25) is 4.79 Å². The lowest BCUT2D eigenvalue weighted by Gasteiger charge is -2.10. The van der Waals surface area contributed by atoms with Crippen molar-refractivity contribution in [1.29, 1.82) is 0 Å². The molecule has 5 heteroatoms. The van der Waals surface area contributed by atoms with Gasteiger partial charge in [-0.2, -0.15) is 0 Å². The average molecular weight is 311 g/mol. The second kappa shape index (κ2) is 4.31. The van der Waals surface area contributed by atoms with Crippen LogP contribution in [0.25, 0.3) is 0 Å². The minimum absolute atomic E-state index is 0.0363. The molecule has 18 heavy (non-hydrogen) atoms. The quantitative estimate of drug-likeness (QED) is 0.788. The van der Waals surface area contributed by atoms with Crippen LogP contribution in [0.1, 0.15) is 12.0 Å². The van der Waals surface area contributed by atoms with Gasteiger partial charge in [0.15, 0.2) is 11.5 Å². The van der Waals surface area contributed by atoms with Gasteiger partial charge < -0.3 is 14.2 Å². The predicted octanol–water partition coefficient (Wildman–Crippen LogP) is 2.80. The van der Waals surface area contributed by atoms with Gasteiger partial charge in [-0.15, -0.1) is 0 Å². The number of fused-ring (bicyclic) bond motifs is 1. The number of halogens is 1. The molecule has 1 aromatic rings. The van der Waals surface area contributed by atoms with Crippen LogP contribution in [0.4, 0.5) is 0 Å². The lowest BCUT2D eigenvalue weighted by molar-refractivity contribution is -0.135. The molecule has 0 amide bonds. The maximum absolute atomic E-state index is 11.2. The summed E-state index contributed by atoms with van der Waals surface area (Å²) >= 11 is 3.50. The summed E-state index contributed by atoms with van der Waals surface area (Å²) in [6, 6.07) is 3.82. The number of benzene rings is 1. The molecule has 4 nitrogen and oxygen atoms in total. The highest BCUT2D eigenvalue weighted by molar-refractivity contribution is 9.10. The van der Waals surface area contributed by atoms with E-state index in [0.29, 0.717) is 18.6 Å². The van der Waals surface area contributed by atoms with Crippen molar-refractivity contribution in [3.8, 4) is 11.5 Å². The average Bonchev–Trinajstić information content (AvgIpc) is 2.86. The SMILES string of the molecule is C=C1OC(=O)CC1Cc1cc2c(cc1Br)OCO2. The molecule has 0 spiro atoms. The number of esters is 1. The molecule has 0 saturated carbocycles. The van der Waals surface area contributed by atoms with E-state index >= 15 is 0 Å². The van der Waals surface area contributed by atoms with E-state index in [9.17, 15) is 4.79 Å². The van der Waals surface area contributed by atoms with Crippen LogP contribution in [-0.2, 0) is 16.0 Å². The highest BCUT2D eigenvalue weighted by Gasteiger charge is 2.29. The monoisotopic (exact) mass is 310 g/mol. The van der Waals surface area contributed by atoms with Crippen molar-refractivity contribution in [3.05, 3.63) is 34.5 Å². The normalized spacial score (nSPS) is 21.3. The van der Waals surface area contributed by atoms with Crippen molar-refractivity contribution in [2.45, 2.75) is 12.8 Å². The first-order chi connectivity index (χ1) is 8.63. The Labute approximate surface area is 113 Å². The highest BCUT2D eigenvalue weighted by Crippen LogP contribution is 2.39. The van der Waals surface area contributed by atoms with Crippen molar-refractivity contribution in [2.24, 2.45) is 5.92 Å². The van der Waals surface area contributed by atoms with Crippen LogP contribution < -0.4 is 9.47 Å². The molecular formula is C13H11BrO4. The molecule has 1 aromatic carbocycles. The first-order valence-electron chi connectivity index (χ1n) is 5.61. The number of ether oxygens (including phenoxy) is 3. The second-order valence-corrected chi connectivity index (χ2v) is 5.20. The van der Waals surface area contributed by atoms with E-state index in [1.54, 1.807) is 0 Å². The van der Waals surface area contributed by atoms with Crippen molar-refractivity contribution in [1.82, 2.24) is 0 Å². The Morgan fingerprint density at radius 2 is 2.06 bits per heavy atom. The van der Waals surface area contributed by atoms with Gasteiger partial charge in [-0.05, 0) is 24.1 Å². The zero-order valence-corrected chi connectivity index (χ0v) is 11.2. The van der Waals surface area contributed by atoms with Gasteiger partial charge in [-0.1, -0.05) is 22.5 Å². The first kappa shape index (κ1) is 11.6. The minimum atomic E-state index is -0.207. The van der Waals surface area contributed by atoms with Crippen LogP contribution in [0, 0.1) is 5.92 Å². The van der Waals surface area contributed by atoms with E-state index in [0.717, 1.165) is 21.5 Å². The van der Waals surface area contributed by atoms with Crippen LogP contribution >= 0.6 is 15.9 Å². The Kier molecular flexibility index (Phi) is 2.78. The van der Waals surface area contributed by atoms with Crippen LogP contribution in [0.3, 0.4) is 0 Å². The maximum atomic E-state index is 11.2. The fourth-order valence-corrected chi connectivity index (χ4v) is 2.64. The van der Waals surface area contributed by atoms with Gasteiger partial charge in [0.25, 0.3) is 0 Å². The fourth-order valence-electron chi connectivity index (χ4n) is 2.15. The van der Waals surface area contributed by atoms with Gasteiger partial charge in [0.05, 0.1) is 6.42 Å². The number of allylic oxidation sites excluding steroid dienone is 1. The summed E-state index contributed by atoms with van der Waals surface area (Å²) in [6.07, 6.45) is 1.08. The third-order valence-corrected chi connectivity index (χ3v) is 3.86. The highest BCUT2D eigenvalue weighted by atomic mass is 79.9. The third-order valence-electron chi connectivity index (χ3n) is 3.12. The van der Waals surface area contributed by atoms with E-state index in [1.165, 1.54) is 0 Å². The Hall–Kier alpha value is -1.49. The van der Waals surface area contributed by atoms with Crippen LogP contribution in [-0.4, -0.2) is 12.8 Å². The smallest absolute Gasteiger partial charge is 0.311 e. The molecule has 94 valence electrons. The summed E-state index contributed by atoms with van der Waals surface area (Å²) in [6.45, 7) is 4.02. The van der Waals surface area contributed by atoms with Gasteiger partial charge in [0.2, 0.25) is 6.79 Å². The van der Waals surface area contributed by atoms with E-state index in [4.69, 9.17) is 14.2 Å². The Morgan fingerprint density at radius 1 is 1.33 bits per heavy atom. The van der Waals surface area contributed by atoms with Gasteiger partial charge in [0, 0.05) is 10.4 Å². The molecule has 1 saturated heterocycles. The molecule has 0 N–H and O–H groups in total. The summed E-state index contributed by atoms with van der Waals surface area (Å²) in [5, 5.41) is 0. The number of cyclic esters (lactones) is 1. The summed E-state index contributed by atoms with van der Waals surface area (Å²) < 4.78 is 16.6. The van der Waals surface area contributed by atoms with Crippen molar-refractivity contribution in [2.75, 3.05) is 6.79 Å². The third kappa shape index (κ3) is 1.99. The number of rotatable bonds is 2. The zero-order chi connectivity index (χ0) is 12.7. The van der Waals surface area contributed by atoms with E-state index in [2.05, 4.69) is 22.5 Å². The maximum Gasteiger partial charge on any atom is 0.311 e. The Morgan fingerprint density at radius 3 is 2.72 bits per heavy atom. The fraction of sp³-hybridized carbons (Fsp3) is 0.308. The van der Waals surface area contributed by atoms with Crippen LogP contribution in [0.15, 0.2) is 28.9 Å². The Balaban J connectivity index is 1.85. The molecule has 0 aromatic heterocycles. The summed E-state index contributed by atoms with van der Waals surface area (Å²) in [4.78, 5) is 11.2. The second-order valence-electron chi connectivity index (χ2n) is 4.34. The molecule has 2 aliphatic heterocycles. The van der Waals surface area contributed by atoms with Gasteiger partial charge >= 0.3 is 5.97 Å². The van der Waals surface area contributed by atoms with Gasteiger partial charge in [0.1, 0.15) is 5.76 Å². The largest absolute Gasteiger partial charge is 0.454 e. The molecule has 2 heterocycles. The molecule has 0 radical (unpaired) electrons. The standard InChI is InChI=1S/C13H11BrO4/c1-7-8(4-13(15)18-7)2-9-3-11-12(5-10(9)14)17-6-16-11/h3,5,8H,1-2,4,6H2. The lowest BCUT2D eigenvalue weighted by Crippen LogP contribution is -2.02. The molecule has 0 aliphatic carbocycles. The lowest BCUT2D eigenvalue weighted by atomic mass is 9.96. The van der Waals surface area contributed by atoms with Gasteiger partial charge in [-0.25, -0.2) is 0 Å². The van der Waals surface area contributed by atoms with Crippen molar-refractivity contribution < 1.29 is 19.0 Å². The van der Waals surface area contributed by atoms with Crippen molar-refractivity contribution >= 4 is 21.9 Å². The molecule has 1 unspecified atom stereocenters. The van der Waals surface area contributed by atoms with Crippen LogP contribution in [0.2, 0.25) is 0 Å². The number of carbonyl (C=O) groups is 1. The van der Waals surface area contributed by atoms with Crippen molar-refractivity contribution in [3.63, 3.8) is 0 Å². The molecule has 1 atom stereocenters. The van der Waals surface area contributed by atoms with Crippen LogP contribution in [0.5, 0.6) is 11.5 Å². The molecule has 0 bridgehead atoms. The Bertz CT molecular complexity index is 538. The molecular weight excluding hydrogens is 300 g/mol. The number of carbonyl (C=O) groups excluding carboxylic acids is 1. The summed E-state index contributed by atoms with van der Waals surface area (Å²) in [5.74, 6) is 1.85. The van der Waals surface area contributed by atoms with E-state index in [-0.39, 0.29) is 18.7 Å². The minimum Gasteiger partial charge on any atom is -0.454 e. The summed E-state index contributed by atoms with van der Waals surface area (Å²) in [7, 11) is 0. The number of hydrogen-bond donors (Lipinski definition) is 0. The predicted molar refractivity (Wildman–Crippen MR) is 67.3 cm³/mol. The van der Waals surface area contributed by atoms with E-state index < -0.39 is 0 Å². The molecule has 2 aliphatic rings. The summed E-state index contributed by atoms with van der Waals surface area (Å²) in [5.41, 5.74) is 1.06. The first-order valence-corrected chi connectivity index (χ1v) is 6.40. The molecule has 1 fully saturated rings. The topological polar surface area (TPSA) is 44.8 Å². The van der Waals surface area contributed by atoms with E-state index in [1.807, 2.05) is 12.1 Å². The zero-order valence-electron chi connectivity index (χ0n) is 9.57. The number of hydrogen-bond acceptors (Lipinski definition) is 4.